The topological polar surface area (TPSA) is 130 Å². The van der Waals surface area contributed by atoms with Crippen LogP contribution in [0.25, 0.3) is 0 Å². The van der Waals surface area contributed by atoms with Gasteiger partial charge in [-0.05, 0) is 31.0 Å². The molecule has 3 N–H and O–H groups in total. The number of hydrogen-bond donors (Lipinski definition) is 3. The van der Waals surface area contributed by atoms with Crippen LogP contribution in [-0.4, -0.2) is 35.4 Å². The molecule has 0 unspecified atom stereocenters. The Morgan fingerprint density at radius 2 is 2.07 bits per heavy atom. The Bertz CT molecular complexity index is 1000. The quantitative estimate of drug-likeness (QED) is 0.522. The monoisotopic (exact) mass is 401 g/mol. The summed E-state index contributed by atoms with van der Waals surface area (Å²) in [5.74, 6) is -1.55. The first-order valence-corrected chi connectivity index (χ1v) is 9.69. The summed E-state index contributed by atoms with van der Waals surface area (Å²) in [4.78, 5) is 24.5. The van der Waals surface area contributed by atoms with Crippen LogP contribution in [0.5, 0.6) is 5.75 Å². The number of halogens is 1. The SMILES string of the molecule is C[C@@H](NS(=O)(=O)CCCOCn1ccc(=O)[nH]c1=O)c1ccc(F)c(O)c1. The number of aromatic nitrogens is 2. The van der Waals surface area contributed by atoms with E-state index >= 15 is 0 Å². The maximum atomic E-state index is 13.1. The van der Waals surface area contributed by atoms with E-state index in [2.05, 4.69) is 9.71 Å². The Kier molecular flexibility index (Phi) is 6.88. The van der Waals surface area contributed by atoms with Crippen LogP contribution in [0, 0.1) is 5.82 Å². The molecule has 0 aliphatic carbocycles. The maximum absolute atomic E-state index is 13.1. The van der Waals surface area contributed by atoms with E-state index in [1.165, 1.54) is 18.3 Å². The number of benzene rings is 1. The number of phenolic OH excluding ortho intramolecular Hbond substituents is 1. The molecule has 2 rings (SSSR count). The number of H-pyrrole nitrogens is 1. The highest BCUT2D eigenvalue weighted by atomic mass is 32.2. The minimum absolute atomic E-state index is 0.0815. The first-order chi connectivity index (χ1) is 12.7. The highest BCUT2D eigenvalue weighted by Crippen LogP contribution is 2.21. The molecule has 27 heavy (non-hydrogen) atoms. The summed E-state index contributed by atoms with van der Waals surface area (Å²) >= 11 is 0. The molecule has 1 heterocycles. The van der Waals surface area contributed by atoms with Gasteiger partial charge in [-0.3, -0.25) is 14.3 Å². The van der Waals surface area contributed by atoms with Crippen LogP contribution < -0.4 is 16.0 Å². The van der Waals surface area contributed by atoms with Crippen molar-refractivity contribution < 1.29 is 22.7 Å². The van der Waals surface area contributed by atoms with Gasteiger partial charge in [0.25, 0.3) is 5.56 Å². The molecule has 9 nitrogen and oxygen atoms in total. The average Bonchev–Trinajstić information content (AvgIpc) is 2.58. The number of phenols is 1. The van der Waals surface area contributed by atoms with E-state index in [9.17, 15) is 27.5 Å². The van der Waals surface area contributed by atoms with Gasteiger partial charge in [0.2, 0.25) is 10.0 Å². The van der Waals surface area contributed by atoms with Crippen molar-refractivity contribution >= 4 is 10.0 Å². The summed E-state index contributed by atoms with van der Waals surface area (Å²) in [6, 6.07) is 4.12. The van der Waals surface area contributed by atoms with Crippen LogP contribution in [-0.2, 0) is 21.5 Å². The van der Waals surface area contributed by atoms with Gasteiger partial charge < -0.3 is 9.84 Å². The van der Waals surface area contributed by atoms with E-state index in [4.69, 9.17) is 4.74 Å². The normalized spacial score (nSPS) is 12.8. The predicted molar refractivity (Wildman–Crippen MR) is 95.3 cm³/mol. The number of ether oxygens (including phenoxy) is 1. The minimum atomic E-state index is -3.63. The lowest BCUT2D eigenvalue weighted by atomic mass is 10.1. The first kappa shape index (κ1) is 20.8. The van der Waals surface area contributed by atoms with E-state index in [1.54, 1.807) is 6.92 Å². The van der Waals surface area contributed by atoms with Gasteiger partial charge in [-0.2, -0.15) is 0 Å². The van der Waals surface area contributed by atoms with Crippen LogP contribution in [0.1, 0.15) is 24.9 Å². The lowest BCUT2D eigenvalue weighted by Crippen LogP contribution is -2.30. The van der Waals surface area contributed by atoms with Gasteiger partial charge in [0, 0.05) is 24.9 Å². The number of aromatic hydroxyl groups is 1. The van der Waals surface area contributed by atoms with E-state index in [-0.39, 0.29) is 25.5 Å². The standard InChI is InChI=1S/C16H20FN3O6S/c1-11(12-3-4-13(17)14(21)9-12)19-27(24,25)8-2-7-26-10-20-6-5-15(22)18-16(20)23/h3-6,9,11,19,21H,2,7-8,10H2,1H3,(H,18,22,23)/t11-/m1/s1. The second-order valence-electron chi connectivity index (χ2n) is 5.84. The fourth-order valence-electron chi connectivity index (χ4n) is 2.26. The Labute approximate surface area is 154 Å². The lowest BCUT2D eigenvalue weighted by molar-refractivity contribution is 0.0744. The number of nitrogens with zero attached hydrogens (tertiary/aromatic N) is 1. The Morgan fingerprint density at radius 1 is 1.33 bits per heavy atom. The van der Waals surface area contributed by atoms with Crippen molar-refractivity contribution in [2.75, 3.05) is 12.4 Å². The van der Waals surface area contributed by atoms with Crippen molar-refractivity contribution in [1.82, 2.24) is 14.3 Å². The molecular formula is C16H20FN3O6S. The summed E-state index contributed by atoms with van der Waals surface area (Å²) in [6.07, 6.45) is 1.45. The molecule has 0 amide bonds. The molecule has 0 spiro atoms. The summed E-state index contributed by atoms with van der Waals surface area (Å²) in [6.45, 7) is 1.54. The fraction of sp³-hybridized carbons (Fsp3) is 0.375. The number of hydrogen-bond acceptors (Lipinski definition) is 6. The summed E-state index contributed by atoms with van der Waals surface area (Å²) < 4.78 is 46.0. The smallest absolute Gasteiger partial charge is 0.330 e. The van der Waals surface area contributed by atoms with Crippen molar-refractivity contribution in [2.24, 2.45) is 0 Å². The van der Waals surface area contributed by atoms with E-state index in [0.717, 1.165) is 16.7 Å². The molecule has 0 fully saturated rings. The predicted octanol–water partition coefficient (Wildman–Crippen LogP) is 0.426. The van der Waals surface area contributed by atoms with Crippen LogP contribution in [0.15, 0.2) is 40.1 Å². The highest BCUT2D eigenvalue weighted by molar-refractivity contribution is 7.89. The van der Waals surface area contributed by atoms with Gasteiger partial charge in [-0.1, -0.05) is 6.07 Å². The van der Waals surface area contributed by atoms with Crippen molar-refractivity contribution in [2.45, 2.75) is 26.1 Å². The summed E-state index contributed by atoms with van der Waals surface area (Å²) in [5.41, 5.74) is -0.712. The van der Waals surface area contributed by atoms with Gasteiger partial charge in [0.1, 0.15) is 6.73 Å². The Hall–Kier alpha value is -2.50. The van der Waals surface area contributed by atoms with E-state index < -0.39 is 38.9 Å². The average molecular weight is 401 g/mol. The molecule has 1 aromatic heterocycles. The zero-order valence-corrected chi connectivity index (χ0v) is 15.3. The van der Waals surface area contributed by atoms with Crippen molar-refractivity contribution in [3.63, 3.8) is 0 Å². The molecule has 11 heteroatoms. The van der Waals surface area contributed by atoms with E-state index in [1.807, 2.05) is 0 Å². The number of sulfonamides is 1. The molecular weight excluding hydrogens is 381 g/mol. The molecule has 1 aromatic carbocycles. The molecule has 0 aliphatic heterocycles. The molecule has 148 valence electrons. The van der Waals surface area contributed by atoms with E-state index in [0.29, 0.717) is 5.56 Å². The first-order valence-electron chi connectivity index (χ1n) is 8.04. The van der Waals surface area contributed by atoms with Crippen LogP contribution in [0.3, 0.4) is 0 Å². The maximum Gasteiger partial charge on any atom is 0.330 e. The van der Waals surface area contributed by atoms with Crippen LogP contribution >= 0.6 is 0 Å². The Morgan fingerprint density at radius 3 is 2.74 bits per heavy atom. The fourth-order valence-corrected chi connectivity index (χ4v) is 3.55. The van der Waals surface area contributed by atoms with Crippen LogP contribution in [0.4, 0.5) is 4.39 Å². The zero-order chi connectivity index (χ0) is 20.0. The molecule has 0 saturated carbocycles. The van der Waals surface area contributed by atoms with Gasteiger partial charge in [0.05, 0.1) is 5.75 Å². The summed E-state index contributed by atoms with van der Waals surface area (Å²) in [5, 5.41) is 9.36. The Balaban J connectivity index is 1.79. The second-order valence-corrected chi connectivity index (χ2v) is 7.71. The number of aromatic amines is 1. The third-order valence-electron chi connectivity index (χ3n) is 3.66. The van der Waals surface area contributed by atoms with Crippen molar-refractivity contribution in [3.05, 3.63) is 62.7 Å². The van der Waals surface area contributed by atoms with Gasteiger partial charge in [-0.25, -0.2) is 22.3 Å². The van der Waals surface area contributed by atoms with Gasteiger partial charge >= 0.3 is 5.69 Å². The van der Waals surface area contributed by atoms with Crippen LogP contribution in [0.2, 0.25) is 0 Å². The number of rotatable bonds is 9. The second kappa shape index (κ2) is 8.93. The summed E-state index contributed by atoms with van der Waals surface area (Å²) in [7, 11) is -3.63. The molecule has 0 saturated heterocycles. The molecule has 0 radical (unpaired) electrons. The van der Waals surface area contributed by atoms with Gasteiger partial charge in [-0.15, -0.1) is 0 Å². The van der Waals surface area contributed by atoms with Crippen molar-refractivity contribution in [1.29, 1.82) is 0 Å². The lowest BCUT2D eigenvalue weighted by Gasteiger charge is -2.15. The molecule has 0 bridgehead atoms. The molecule has 1 atom stereocenters. The third kappa shape index (κ3) is 6.31. The molecule has 2 aromatic rings. The van der Waals surface area contributed by atoms with Gasteiger partial charge in [0.15, 0.2) is 11.6 Å². The largest absolute Gasteiger partial charge is 0.505 e. The highest BCUT2D eigenvalue weighted by Gasteiger charge is 2.16. The zero-order valence-electron chi connectivity index (χ0n) is 14.5. The number of nitrogens with one attached hydrogen (secondary N) is 2. The third-order valence-corrected chi connectivity index (χ3v) is 5.19. The molecule has 0 aliphatic rings. The minimum Gasteiger partial charge on any atom is -0.505 e. The van der Waals surface area contributed by atoms with Crippen molar-refractivity contribution in [3.8, 4) is 5.75 Å².